The maximum Gasteiger partial charge on any atom is 0.275 e. The summed E-state index contributed by atoms with van der Waals surface area (Å²) in [5.41, 5.74) is 3.48. The Kier molecular flexibility index (Phi) is 5.99. The van der Waals surface area contributed by atoms with Crippen molar-refractivity contribution in [1.82, 2.24) is 14.8 Å². The molecular formula is C23H18FN3O3S. The predicted octanol–water partition coefficient (Wildman–Crippen LogP) is 3.27. The molecule has 0 radical (unpaired) electrons. The van der Waals surface area contributed by atoms with Gasteiger partial charge in [0.15, 0.2) is 0 Å². The van der Waals surface area contributed by atoms with Gasteiger partial charge in [0.25, 0.3) is 5.56 Å². The van der Waals surface area contributed by atoms with E-state index in [9.17, 15) is 17.6 Å². The van der Waals surface area contributed by atoms with Crippen LogP contribution >= 0.6 is 0 Å². The van der Waals surface area contributed by atoms with Gasteiger partial charge in [-0.3, -0.25) is 9.78 Å². The van der Waals surface area contributed by atoms with Gasteiger partial charge in [-0.05, 0) is 46.5 Å². The van der Waals surface area contributed by atoms with E-state index in [0.717, 1.165) is 5.56 Å². The molecule has 0 spiro atoms. The monoisotopic (exact) mass is 435 g/mol. The number of thiol groups is 1. The largest absolute Gasteiger partial charge is 0.275 e. The minimum atomic E-state index is -2.53. The number of halogens is 1. The number of pyridine rings is 1. The number of hydrogen-bond donors (Lipinski definition) is 1. The molecule has 4 aromatic rings. The molecule has 8 heteroatoms. The number of nitrogens with zero attached hydrogens (tertiary/aromatic N) is 3. The second kappa shape index (κ2) is 9.01. The fourth-order valence-electron chi connectivity index (χ4n) is 3.32. The molecule has 0 unspecified atom stereocenters. The SMILES string of the molecule is O=c1c(-c2ccc(F)cc2)c(-c2ccc(C[SH](=O)=O)cc2)cnn1Cc1ccncc1. The van der Waals surface area contributed by atoms with E-state index in [2.05, 4.69) is 10.1 Å². The summed E-state index contributed by atoms with van der Waals surface area (Å²) in [6.07, 6.45) is 4.89. The molecular weight excluding hydrogens is 417 g/mol. The summed E-state index contributed by atoms with van der Waals surface area (Å²) in [6.45, 7) is 0.269. The molecule has 0 amide bonds. The zero-order chi connectivity index (χ0) is 21.8. The molecule has 6 nitrogen and oxygen atoms in total. The molecule has 0 bridgehead atoms. The van der Waals surface area contributed by atoms with Gasteiger partial charge in [0.05, 0.1) is 24.1 Å². The first-order chi connectivity index (χ1) is 15.0. The van der Waals surface area contributed by atoms with Crippen molar-refractivity contribution in [3.05, 3.63) is 107 Å². The quantitative estimate of drug-likeness (QED) is 0.470. The summed E-state index contributed by atoms with van der Waals surface area (Å²) in [7, 11) is -2.53. The Morgan fingerprint density at radius 2 is 1.48 bits per heavy atom. The van der Waals surface area contributed by atoms with Gasteiger partial charge in [-0.15, -0.1) is 0 Å². The molecule has 0 fully saturated rings. The second-order valence-corrected chi connectivity index (χ2v) is 7.93. The van der Waals surface area contributed by atoms with Crippen molar-refractivity contribution in [1.29, 1.82) is 0 Å². The highest BCUT2D eigenvalue weighted by molar-refractivity contribution is 7.71. The topological polar surface area (TPSA) is 81.9 Å². The van der Waals surface area contributed by atoms with Crippen LogP contribution in [-0.2, 0) is 23.0 Å². The van der Waals surface area contributed by atoms with Crippen LogP contribution in [-0.4, -0.2) is 23.2 Å². The smallest absolute Gasteiger partial charge is 0.267 e. The Hall–Kier alpha value is -3.65. The van der Waals surface area contributed by atoms with Crippen LogP contribution in [0.2, 0.25) is 0 Å². The first-order valence-corrected chi connectivity index (χ1v) is 10.8. The lowest BCUT2D eigenvalue weighted by atomic mass is 9.96. The number of aromatic nitrogens is 3. The molecule has 156 valence electrons. The zero-order valence-corrected chi connectivity index (χ0v) is 17.2. The van der Waals surface area contributed by atoms with Gasteiger partial charge in [0.1, 0.15) is 16.5 Å². The second-order valence-electron chi connectivity index (χ2n) is 6.95. The van der Waals surface area contributed by atoms with E-state index in [-0.39, 0.29) is 17.9 Å². The maximum absolute atomic E-state index is 13.5. The fraction of sp³-hybridized carbons (Fsp3) is 0.0870. The molecule has 0 saturated carbocycles. The van der Waals surface area contributed by atoms with Crippen LogP contribution in [0.5, 0.6) is 0 Å². The first kappa shape index (κ1) is 20.6. The van der Waals surface area contributed by atoms with Crippen LogP contribution in [0, 0.1) is 5.82 Å². The first-order valence-electron chi connectivity index (χ1n) is 9.47. The summed E-state index contributed by atoms with van der Waals surface area (Å²) in [6, 6.07) is 16.3. The molecule has 0 aliphatic rings. The van der Waals surface area contributed by atoms with Crippen molar-refractivity contribution < 1.29 is 12.8 Å². The zero-order valence-electron chi connectivity index (χ0n) is 16.3. The van der Waals surface area contributed by atoms with Crippen molar-refractivity contribution in [3.8, 4) is 22.3 Å². The third-order valence-electron chi connectivity index (χ3n) is 4.84. The highest BCUT2D eigenvalue weighted by Gasteiger charge is 2.16. The van der Waals surface area contributed by atoms with Crippen molar-refractivity contribution in [2.75, 3.05) is 0 Å². The van der Waals surface area contributed by atoms with E-state index in [0.29, 0.717) is 27.8 Å². The third-order valence-corrected chi connectivity index (χ3v) is 5.46. The Labute approximate surface area is 179 Å². The molecule has 0 aliphatic carbocycles. The highest BCUT2D eigenvalue weighted by atomic mass is 32.2. The van der Waals surface area contributed by atoms with E-state index < -0.39 is 16.5 Å². The molecule has 2 aromatic heterocycles. The molecule has 31 heavy (non-hydrogen) atoms. The summed E-state index contributed by atoms with van der Waals surface area (Å²) < 4.78 is 36.8. The van der Waals surface area contributed by atoms with Crippen molar-refractivity contribution in [2.24, 2.45) is 0 Å². The van der Waals surface area contributed by atoms with E-state index in [1.807, 2.05) is 0 Å². The van der Waals surface area contributed by atoms with Crippen LogP contribution in [0.25, 0.3) is 22.3 Å². The molecule has 0 N–H and O–H groups in total. The summed E-state index contributed by atoms with van der Waals surface area (Å²) in [5.74, 6) is -0.445. The molecule has 2 aromatic carbocycles. The number of rotatable bonds is 6. The van der Waals surface area contributed by atoms with E-state index in [4.69, 9.17) is 0 Å². The average Bonchev–Trinajstić information content (AvgIpc) is 2.77. The lowest BCUT2D eigenvalue weighted by molar-refractivity contribution is 0.614. The van der Waals surface area contributed by atoms with Crippen molar-refractivity contribution in [2.45, 2.75) is 12.3 Å². The average molecular weight is 435 g/mol. The lowest BCUT2D eigenvalue weighted by Gasteiger charge is -2.13. The Morgan fingerprint density at radius 3 is 2.13 bits per heavy atom. The molecule has 2 heterocycles. The van der Waals surface area contributed by atoms with Gasteiger partial charge >= 0.3 is 0 Å². The number of benzene rings is 2. The van der Waals surface area contributed by atoms with Crippen LogP contribution in [0.15, 0.2) is 84.0 Å². The van der Waals surface area contributed by atoms with Gasteiger partial charge in [0.2, 0.25) is 0 Å². The lowest BCUT2D eigenvalue weighted by Crippen LogP contribution is -2.25. The van der Waals surface area contributed by atoms with Crippen LogP contribution in [0.1, 0.15) is 11.1 Å². The minimum absolute atomic E-state index is 0.0494. The van der Waals surface area contributed by atoms with Gasteiger partial charge in [0, 0.05) is 18.0 Å². The minimum Gasteiger partial charge on any atom is -0.267 e. The maximum atomic E-state index is 13.5. The number of hydrogen-bond acceptors (Lipinski definition) is 5. The van der Waals surface area contributed by atoms with Crippen LogP contribution in [0.3, 0.4) is 0 Å². The Morgan fingerprint density at radius 1 is 0.839 bits per heavy atom. The van der Waals surface area contributed by atoms with E-state index >= 15 is 0 Å². The fourth-order valence-corrected chi connectivity index (χ4v) is 3.82. The van der Waals surface area contributed by atoms with Gasteiger partial charge in [-0.25, -0.2) is 17.5 Å². The Balaban J connectivity index is 1.83. The van der Waals surface area contributed by atoms with Crippen LogP contribution in [0.4, 0.5) is 4.39 Å². The molecule has 0 aliphatic heterocycles. The van der Waals surface area contributed by atoms with Crippen molar-refractivity contribution in [3.63, 3.8) is 0 Å². The van der Waals surface area contributed by atoms with Crippen molar-refractivity contribution >= 4 is 10.7 Å². The van der Waals surface area contributed by atoms with E-state index in [1.54, 1.807) is 67.1 Å². The highest BCUT2D eigenvalue weighted by Crippen LogP contribution is 2.29. The molecule has 4 rings (SSSR count). The third kappa shape index (κ3) is 4.75. The van der Waals surface area contributed by atoms with E-state index in [1.165, 1.54) is 16.8 Å². The predicted molar refractivity (Wildman–Crippen MR) is 117 cm³/mol. The summed E-state index contributed by atoms with van der Waals surface area (Å²) >= 11 is 0. The Bertz CT molecular complexity index is 1330. The molecule has 0 saturated heterocycles. The standard InChI is InChI=1S/C23H18FN3O3S/c24-20-7-5-19(6-8-20)22-21(18-3-1-17(2-4-18)15-31(29)30)13-26-27(23(22)28)14-16-9-11-25-12-10-16/h1-13,31H,14-15H2. The van der Waals surface area contributed by atoms with Gasteiger partial charge in [-0.2, -0.15) is 5.10 Å². The normalized spacial score (nSPS) is 11.0. The summed E-state index contributed by atoms with van der Waals surface area (Å²) in [4.78, 5) is 17.4. The summed E-state index contributed by atoms with van der Waals surface area (Å²) in [5, 5.41) is 4.34. The molecule has 0 atom stereocenters. The van der Waals surface area contributed by atoms with Gasteiger partial charge in [-0.1, -0.05) is 36.4 Å². The van der Waals surface area contributed by atoms with Gasteiger partial charge < -0.3 is 0 Å². The van der Waals surface area contributed by atoms with Crippen LogP contribution < -0.4 is 5.56 Å².